The van der Waals surface area contributed by atoms with Crippen molar-refractivity contribution in [3.63, 3.8) is 0 Å². The van der Waals surface area contributed by atoms with Gasteiger partial charge in [0.1, 0.15) is 0 Å². The smallest absolute Gasteiger partial charge is 0.251 e. The van der Waals surface area contributed by atoms with Gasteiger partial charge in [-0.05, 0) is 19.4 Å². The Hall–Kier alpha value is -1.79. The first kappa shape index (κ1) is 15.1. The van der Waals surface area contributed by atoms with Crippen LogP contribution in [0.1, 0.15) is 25.0 Å². The number of hydrogen-bond acceptors (Lipinski definition) is 4. The molecule has 0 aliphatic carbocycles. The minimum Gasteiger partial charge on any atom is -0.342 e. The zero-order chi connectivity index (χ0) is 15.7. The van der Waals surface area contributed by atoms with Crippen LogP contribution in [0, 0.1) is 12.8 Å². The van der Waals surface area contributed by atoms with Crippen molar-refractivity contribution < 1.29 is 13.6 Å². The fraction of sp³-hybridized carbons (Fsp3) is 0.667. The van der Waals surface area contributed by atoms with Crippen LogP contribution < -0.4 is 4.90 Å². The molecular weight excluding hydrogens is 290 g/mol. The molecule has 1 unspecified atom stereocenters. The lowest BCUT2D eigenvalue weighted by atomic mass is 10.0. The largest absolute Gasteiger partial charge is 0.342 e. The number of aryl methyl sites for hydroxylation is 1. The van der Waals surface area contributed by atoms with Gasteiger partial charge in [0.2, 0.25) is 11.9 Å². The van der Waals surface area contributed by atoms with Crippen LogP contribution in [0.25, 0.3) is 0 Å². The predicted octanol–water partition coefficient (Wildman–Crippen LogP) is 1.87. The van der Waals surface area contributed by atoms with Crippen molar-refractivity contribution in [2.24, 2.45) is 5.92 Å². The fourth-order valence-electron chi connectivity index (χ4n) is 3.04. The zero-order valence-electron chi connectivity index (χ0n) is 12.6. The predicted molar refractivity (Wildman–Crippen MR) is 77.9 cm³/mol. The van der Waals surface area contributed by atoms with E-state index in [2.05, 4.69) is 9.97 Å². The van der Waals surface area contributed by atoms with E-state index in [1.165, 1.54) is 0 Å². The number of hydrogen-bond donors (Lipinski definition) is 0. The first-order valence-corrected chi connectivity index (χ1v) is 7.66. The van der Waals surface area contributed by atoms with Crippen molar-refractivity contribution in [2.75, 3.05) is 31.1 Å². The van der Waals surface area contributed by atoms with E-state index in [0.717, 1.165) is 18.7 Å². The third-order valence-electron chi connectivity index (χ3n) is 4.41. The van der Waals surface area contributed by atoms with Gasteiger partial charge in [-0.2, -0.15) is 0 Å². The molecule has 0 radical (unpaired) electrons. The maximum absolute atomic E-state index is 13.2. The molecule has 1 aromatic heterocycles. The summed E-state index contributed by atoms with van der Waals surface area (Å²) in [5.41, 5.74) is 0.887. The SMILES string of the molecule is Cc1ccnc(N2CCC(C(=O)N3CCC(F)(F)CC3)C2)n1. The van der Waals surface area contributed by atoms with Gasteiger partial charge in [-0.3, -0.25) is 4.79 Å². The van der Waals surface area contributed by atoms with Gasteiger partial charge >= 0.3 is 0 Å². The van der Waals surface area contributed by atoms with E-state index in [1.807, 2.05) is 17.9 Å². The van der Waals surface area contributed by atoms with Crippen LogP contribution in [-0.2, 0) is 4.79 Å². The average Bonchev–Trinajstić information content (AvgIpc) is 2.96. The maximum Gasteiger partial charge on any atom is 0.251 e. The number of aromatic nitrogens is 2. The molecule has 2 aliphatic rings. The highest BCUT2D eigenvalue weighted by Gasteiger charge is 2.39. The Morgan fingerprint density at radius 1 is 1.32 bits per heavy atom. The maximum atomic E-state index is 13.2. The molecule has 1 atom stereocenters. The minimum absolute atomic E-state index is 0.00865. The van der Waals surface area contributed by atoms with Crippen LogP contribution in [0.15, 0.2) is 12.3 Å². The normalized spacial score (nSPS) is 24.6. The summed E-state index contributed by atoms with van der Waals surface area (Å²) in [7, 11) is 0. The van der Waals surface area contributed by atoms with Gasteiger partial charge in [-0.15, -0.1) is 0 Å². The summed E-state index contributed by atoms with van der Waals surface area (Å²) in [6.45, 7) is 3.50. The monoisotopic (exact) mass is 310 g/mol. The van der Waals surface area contributed by atoms with E-state index in [1.54, 1.807) is 11.1 Å². The molecule has 0 aromatic carbocycles. The molecule has 0 bridgehead atoms. The number of anilines is 1. The second kappa shape index (κ2) is 5.78. The average molecular weight is 310 g/mol. The van der Waals surface area contributed by atoms with Gasteiger partial charge in [0.25, 0.3) is 5.92 Å². The van der Waals surface area contributed by atoms with Crippen LogP contribution in [0.5, 0.6) is 0 Å². The topological polar surface area (TPSA) is 49.3 Å². The Bertz CT molecular complexity index is 556. The van der Waals surface area contributed by atoms with E-state index in [4.69, 9.17) is 0 Å². The number of alkyl halides is 2. The minimum atomic E-state index is -2.62. The number of carbonyl (C=O) groups is 1. The van der Waals surface area contributed by atoms with E-state index < -0.39 is 5.92 Å². The Balaban J connectivity index is 1.59. The molecule has 2 saturated heterocycles. The molecule has 5 nitrogen and oxygen atoms in total. The Morgan fingerprint density at radius 3 is 2.73 bits per heavy atom. The van der Waals surface area contributed by atoms with Gasteiger partial charge in [-0.25, -0.2) is 18.7 Å². The highest BCUT2D eigenvalue weighted by atomic mass is 19.3. The Morgan fingerprint density at radius 2 is 2.05 bits per heavy atom. The molecule has 3 heterocycles. The molecule has 0 saturated carbocycles. The summed E-state index contributed by atoms with van der Waals surface area (Å²) < 4.78 is 26.4. The molecule has 22 heavy (non-hydrogen) atoms. The van der Waals surface area contributed by atoms with Gasteiger partial charge in [-0.1, -0.05) is 0 Å². The first-order chi connectivity index (χ1) is 10.4. The number of piperidine rings is 1. The first-order valence-electron chi connectivity index (χ1n) is 7.66. The number of nitrogens with zero attached hydrogens (tertiary/aromatic N) is 4. The highest BCUT2D eigenvalue weighted by Crippen LogP contribution is 2.30. The standard InChI is InChI=1S/C15H20F2N4O/c1-11-2-6-18-14(19-11)21-7-3-12(10-21)13(22)20-8-4-15(16,17)5-9-20/h2,6,12H,3-5,7-10H2,1H3. The van der Waals surface area contributed by atoms with E-state index in [-0.39, 0.29) is 37.8 Å². The van der Waals surface area contributed by atoms with Crippen molar-refractivity contribution in [1.29, 1.82) is 0 Å². The summed E-state index contributed by atoms with van der Waals surface area (Å²) in [5, 5.41) is 0. The van der Waals surface area contributed by atoms with Crippen molar-refractivity contribution in [1.82, 2.24) is 14.9 Å². The van der Waals surface area contributed by atoms with Crippen LogP contribution in [-0.4, -0.2) is 52.9 Å². The van der Waals surface area contributed by atoms with Crippen LogP contribution in [0.2, 0.25) is 0 Å². The summed E-state index contributed by atoms with van der Waals surface area (Å²) in [4.78, 5) is 24.7. The van der Waals surface area contributed by atoms with Crippen LogP contribution >= 0.6 is 0 Å². The lowest BCUT2D eigenvalue weighted by Crippen LogP contribution is -2.45. The van der Waals surface area contributed by atoms with Crippen molar-refractivity contribution in [3.8, 4) is 0 Å². The number of carbonyl (C=O) groups excluding carboxylic acids is 1. The van der Waals surface area contributed by atoms with Gasteiger partial charge < -0.3 is 9.80 Å². The molecule has 1 amide bonds. The zero-order valence-corrected chi connectivity index (χ0v) is 12.6. The van der Waals surface area contributed by atoms with Crippen molar-refractivity contribution >= 4 is 11.9 Å². The van der Waals surface area contributed by atoms with E-state index in [9.17, 15) is 13.6 Å². The summed E-state index contributed by atoms with van der Waals surface area (Å²) >= 11 is 0. The molecule has 2 aliphatic heterocycles. The van der Waals surface area contributed by atoms with Crippen LogP contribution in [0.3, 0.4) is 0 Å². The Kier molecular flexibility index (Phi) is 3.97. The summed E-state index contributed by atoms with van der Waals surface area (Å²) in [5.74, 6) is -2.13. The second-order valence-electron chi connectivity index (χ2n) is 6.11. The van der Waals surface area contributed by atoms with Gasteiger partial charge in [0, 0.05) is 50.9 Å². The number of amides is 1. The summed E-state index contributed by atoms with van der Waals surface area (Å²) in [6, 6.07) is 1.83. The van der Waals surface area contributed by atoms with E-state index in [0.29, 0.717) is 12.5 Å². The number of rotatable bonds is 2. The molecular formula is C15H20F2N4O. The second-order valence-corrected chi connectivity index (χ2v) is 6.11. The van der Waals surface area contributed by atoms with E-state index >= 15 is 0 Å². The molecule has 3 rings (SSSR count). The molecule has 120 valence electrons. The molecule has 1 aromatic rings. The highest BCUT2D eigenvalue weighted by molar-refractivity contribution is 5.80. The van der Waals surface area contributed by atoms with Crippen molar-refractivity contribution in [3.05, 3.63) is 18.0 Å². The lowest BCUT2D eigenvalue weighted by molar-refractivity contribution is -0.140. The fourth-order valence-corrected chi connectivity index (χ4v) is 3.04. The number of likely N-dealkylation sites (tertiary alicyclic amines) is 1. The van der Waals surface area contributed by atoms with Crippen LogP contribution in [0.4, 0.5) is 14.7 Å². The number of halogens is 2. The Labute approximate surface area is 128 Å². The molecule has 7 heteroatoms. The molecule has 0 N–H and O–H groups in total. The molecule has 0 spiro atoms. The molecule has 2 fully saturated rings. The van der Waals surface area contributed by atoms with Gasteiger partial charge in [0.05, 0.1) is 5.92 Å². The lowest BCUT2D eigenvalue weighted by Gasteiger charge is -2.33. The van der Waals surface area contributed by atoms with Crippen molar-refractivity contribution in [2.45, 2.75) is 32.1 Å². The summed E-state index contributed by atoms with van der Waals surface area (Å²) in [6.07, 6.45) is 1.98. The third kappa shape index (κ3) is 3.18. The van der Waals surface area contributed by atoms with Gasteiger partial charge in [0.15, 0.2) is 0 Å². The quantitative estimate of drug-likeness (QED) is 0.837. The third-order valence-corrected chi connectivity index (χ3v) is 4.41.